The Morgan fingerprint density at radius 2 is 1.79 bits per heavy atom. The molecular weight excluding hydrogens is 565 g/mol. The largest absolute Gasteiger partial charge is 0.573 e. The van der Waals surface area contributed by atoms with E-state index in [1.165, 1.54) is 57.8 Å². The second-order valence-corrected chi connectivity index (χ2v) is 15.9. The highest BCUT2D eigenvalue weighted by molar-refractivity contribution is 7.90. The fourth-order valence-electron chi connectivity index (χ4n) is 10.4. The van der Waals surface area contributed by atoms with Crippen molar-refractivity contribution in [3.05, 3.63) is 24.3 Å². The minimum absolute atomic E-state index is 0.164. The molecule has 10 heteroatoms. The van der Waals surface area contributed by atoms with Crippen molar-refractivity contribution in [3.63, 3.8) is 0 Å². The SMILES string of the molecule is CC[C@H]1C[C@H]2C3CCC([C@H](C)CNC(=O)NS(=O)(=O)c4cccc(OC(F)(F)F)c4)[C@@]3(C)CC[C@@H]2[C@@]2(C)CCCC[C@@H]12. The van der Waals surface area contributed by atoms with Crippen LogP contribution in [0.1, 0.15) is 91.9 Å². The number of amides is 2. The number of rotatable bonds is 7. The van der Waals surface area contributed by atoms with E-state index in [9.17, 15) is 26.4 Å². The van der Waals surface area contributed by atoms with Crippen LogP contribution in [0, 0.1) is 52.3 Å². The Morgan fingerprint density at radius 3 is 2.50 bits per heavy atom. The van der Waals surface area contributed by atoms with Gasteiger partial charge in [0.25, 0.3) is 10.0 Å². The highest BCUT2D eigenvalue weighted by atomic mass is 32.2. The Kier molecular flexibility index (Phi) is 8.62. The number of alkyl halides is 3. The van der Waals surface area contributed by atoms with E-state index in [2.05, 4.69) is 37.7 Å². The Labute approximate surface area is 249 Å². The zero-order chi connectivity index (χ0) is 30.5. The molecule has 0 spiro atoms. The molecule has 1 aromatic carbocycles. The molecule has 42 heavy (non-hydrogen) atoms. The van der Waals surface area contributed by atoms with Crippen LogP contribution in [0.3, 0.4) is 0 Å². The number of carbonyl (C=O) groups excluding carboxylic acids is 1. The molecule has 9 atom stereocenters. The van der Waals surface area contributed by atoms with Crippen LogP contribution in [-0.2, 0) is 10.0 Å². The number of ether oxygens (including phenoxy) is 1. The Hall–Kier alpha value is -1.97. The number of halogens is 3. The lowest BCUT2D eigenvalue weighted by atomic mass is 9.42. The Balaban J connectivity index is 1.21. The molecule has 5 rings (SSSR count). The van der Waals surface area contributed by atoms with E-state index in [1.54, 1.807) is 0 Å². The predicted octanol–water partition coefficient (Wildman–Crippen LogP) is 7.89. The second-order valence-electron chi connectivity index (χ2n) is 14.2. The molecule has 0 heterocycles. The van der Waals surface area contributed by atoms with E-state index < -0.39 is 33.1 Å². The number of fused-ring (bicyclic) bond motifs is 5. The third-order valence-electron chi connectivity index (χ3n) is 12.2. The van der Waals surface area contributed by atoms with Gasteiger partial charge in [-0.1, -0.05) is 53.0 Å². The van der Waals surface area contributed by atoms with E-state index in [0.29, 0.717) is 23.8 Å². The summed E-state index contributed by atoms with van der Waals surface area (Å²) in [6.07, 6.45) is 8.04. The lowest BCUT2D eigenvalue weighted by molar-refractivity contribution is -0.274. The highest BCUT2D eigenvalue weighted by Crippen LogP contribution is 2.69. The molecule has 0 saturated heterocycles. The molecule has 236 valence electrons. The molecule has 4 aliphatic rings. The number of benzene rings is 1. The van der Waals surface area contributed by atoms with Gasteiger partial charge >= 0.3 is 12.4 Å². The molecule has 0 bridgehead atoms. The molecule has 2 N–H and O–H groups in total. The minimum Gasteiger partial charge on any atom is -0.406 e. The third kappa shape index (κ3) is 5.90. The van der Waals surface area contributed by atoms with Crippen molar-refractivity contribution in [1.82, 2.24) is 10.0 Å². The van der Waals surface area contributed by atoms with Crippen LogP contribution in [0.5, 0.6) is 5.75 Å². The smallest absolute Gasteiger partial charge is 0.406 e. The molecule has 2 unspecified atom stereocenters. The summed E-state index contributed by atoms with van der Waals surface area (Å²) in [5.74, 6) is 3.90. The molecular formula is C32H47F3N2O4S. The first kappa shape index (κ1) is 31.5. The molecule has 0 radical (unpaired) electrons. The van der Waals surface area contributed by atoms with Crippen molar-refractivity contribution in [2.45, 2.75) is 103 Å². The van der Waals surface area contributed by atoms with Crippen LogP contribution in [0.15, 0.2) is 29.2 Å². The van der Waals surface area contributed by atoms with Gasteiger partial charge in [-0.05, 0) is 109 Å². The van der Waals surface area contributed by atoms with E-state index in [-0.39, 0.29) is 11.3 Å². The lowest BCUT2D eigenvalue weighted by Gasteiger charge is -2.63. The maximum absolute atomic E-state index is 12.7. The molecule has 4 saturated carbocycles. The van der Waals surface area contributed by atoms with Gasteiger partial charge in [0.2, 0.25) is 0 Å². The predicted molar refractivity (Wildman–Crippen MR) is 155 cm³/mol. The van der Waals surface area contributed by atoms with Gasteiger partial charge in [0.1, 0.15) is 5.75 Å². The van der Waals surface area contributed by atoms with Gasteiger partial charge in [-0.3, -0.25) is 0 Å². The molecule has 6 nitrogen and oxygen atoms in total. The normalized spacial score (nSPS) is 37.1. The van der Waals surface area contributed by atoms with Gasteiger partial charge in [-0.2, -0.15) is 0 Å². The van der Waals surface area contributed by atoms with E-state index >= 15 is 0 Å². The average Bonchev–Trinajstić information content (AvgIpc) is 3.27. The van der Waals surface area contributed by atoms with Crippen molar-refractivity contribution >= 4 is 16.1 Å². The van der Waals surface area contributed by atoms with Gasteiger partial charge in [0.15, 0.2) is 0 Å². The molecule has 0 aromatic heterocycles. The summed E-state index contributed by atoms with van der Waals surface area (Å²) in [5.41, 5.74) is 0.677. The fourth-order valence-corrected chi connectivity index (χ4v) is 11.4. The lowest BCUT2D eigenvalue weighted by Crippen LogP contribution is -2.55. The van der Waals surface area contributed by atoms with Gasteiger partial charge in [-0.25, -0.2) is 17.9 Å². The first-order chi connectivity index (χ1) is 19.7. The van der Waals surface area contributed by atoms with E-state index in [4.69, 9.17) is 0 Å². The van der Waals surface area contributed by atoms with Crippen molar-refractivity contribution in [2.75, 3.05) is 6.54 Å². The van der Waals surface area contributed by atoms with Crippen LogP contribution in [0.4, 0.5) is 18.0 Å². The number of urea groups is 1. The summed E-state index contributed by atoms with van der Waals surface area (Å²) in [6.45, 7) is 9.94. The third-order valence-corrected chi connectivity index (χ3v) is 13.5. The zero-order valence-electron chi connectivity index (χ0n) is 25.3. The maximum Gasteiger partial charge on any atom is 0.573 e. The van der Waals surface area contributed by atoms with Crippen molar-refractivity contribution in [3.8, 4) is 5.75 Å². The van der Waals surface area contributed by atoms with Gasteiger partial charge in [-0.15, -0.1) is 13.2 Å². The summed E-state index contributed by atoms with van der Waals surface area (Å²) < 4.78 is 68.8. The summed E-state index contributed by atoms with van der Waals surface area (Å²) in [4.78, 5) is 12.2. The van der Waals surface area contributed by atoms with Crippen LogP contribution in [0.25, 0.3) is 0 Å². The maximum atomic E-state index is 12.7. The van der Waals surface area contributed by atoms with Crippen molar-refractivity contribution in [2.24, 2.45) is 52.3 Å². The number of hydrogen-bond acceptors (Lipinski definition) is 4. The van der Waals surface area contributed by atoms with Gasteiger partial charge in [0.05, 0.1) is 4.90 Å². The summed E-state index contributed by atoms with van der Waals surface area (Å²) in [7, 11) is -4.38. The molecule has 4 aliphatic carbocycles. The van der Waals surface area contributed by atoms with Crippen LogP contribution >= 0.6 is 0 Å². The number of hydrogen-bond donors (Lipinski definition) is 2. The standard InChI is InChI=1S/C32H47F3N2O4S/c1-5-21-17-24-27-13-12-25(31(27,4)16-14-28(24)30(3)15-7-6-11-26(21)30)20(2)19-36-29(38)37-42(39,40)23-10-8-9-22(18-23)41-32(33,34)35/h8-10,18,20-21,24-28H,5-7,11-17,19H2,1-4H3,(H2,36,37,38)/t20-,21+,24+,25?,26+,27?,28+,30+,31-/m1/s1. The molecule has 0 aliphatic heterocycles. The average molecular weight is 613 g/mol. The summed E-state index contributed by atoms with van der Waals surface area (Å²) in [5, 5.41) is 2.73. The van der Waals surface area contributed by atoms with Crippen molar-refractivity contribution in [1.29, 1.82) is 0 Å². The van der Waals surface area contributed by atoms with Crippen LogP contribution in [-0.4, -0.2) is 27.4 Å². The van der Waals surface area contributed by atoms with Gasteiger partial charge < -0.3 is 10.1 Å². The zero-order valence-corrected chi connectivity index (χ0v) is 26.1. The topological polar surface area (TPSA) is 84.5 Å². The van der Waals surface area contributed by atoms with Crippen LogP contribution < -0.4 is 14.8 Å². The highest BCUT2D eigenvalue weighted by Gasteiger charge is 2.61. The number of sulfonamides is 1. The van der Waals surface area contributed by atoms with Gasteiger partial charge in [0, 0.05) is 12.6 Å². The molecule has 2 amide bonds. The Bertz CT molecular complexity index is 1260. The summed E-state index contributed by atoms with van der Waals surface area (Å²) >= 11 is 0. The number of nitrogens with one attached hydrogen (secondary N) is 2. The minimum atomic E-state index is -4.95. The summed E-state index contributed by atoms with van der Waals surface area (Å²) in [6, 6.07) is 3.10. The van der Waals surface area contributed by atoms with Crippen molar-refractivity contribution < 1.29 is 31.1 Å². The fraction of sp³-hybridized carbons (Fsp3) is 0.781. The monoisotopic (exact) mass is 612 g/mol. The first-order valence-electron chi connectivity index (χ1n) is 15.8. The van der Waals surface area contributed by atoms with E-state index in [1.807, 2.05) is 4.72 Å². The molecule has 1 aromatic rings. The Morgan fingerprint density at radius 1 is 1.05 bits per heavy atom. The molecule has 4 fully saturated rings. The first-order valence-corrected chi connectivity index (χ1v) is 17.3. The number of carbonyl (C=O) groups is 1. The quantitative estimate of drug-likeness (QED) is 0.328. The second kappa shape index (κ2) is 11.5. The van der Waals surface area contributed by atoms with Crippen LogP contribution in [0.2, 0.25) is 0 Å². The van der Waals surface area contributed by atoms with E-state index in [0.717, 1.165) is 54.4 Å².